The van der Waals surface area contributed by atoms with Crippen molar-refractivity contribution in [1.29, 1.82) is 0 Å². The van der Waals surface area contributed by atoms with Crippen molar-refractivity contribution in [3.8, 4) is 0 Å². The van der Waals surface area contributed by atoms with Crippen LogP contribution in [0.15, 0.2) is 24.3 Å². The van der Waals surface area contributed by atoms with Crippen LogP contribution in [0.4, 0.5) is 18.9 Å². The van der Waals surface area contributed by atoms with Crippen LogP contribution < -0.4 is 4.90 Å². The number of carboxylic acid groups (broad SMARTS) is 1. The second kappa shape index (κ2) is 5.29. The molecule has 6 heteroatoms. The second-order valence-corrected chi connectivity index (χ2v) is 4.19. The molecule has 0 aliphatic heterocycles. The molecular formula is C12H14F3NO2. The Morgan fingerprint density at radius 3 is 2.44 bits per heavy atom. The van der Waals surface area contributed by atoms with Crippen molar-refractivity contribution >= 4 is 11.7 Å². The Bertz CT molecular complexity index is 430. The highest BCUT2D eigenvalue weighted by atomic mass is 19.4. The van der Waals surface area contributed by atoms with E-state index in [1.54, 1.807) is 13.8 Å². The van der Waals surface area contributed by atoms with Crippen LogP contribution in [0.3, 0.4) is 0 Å². The molecule has 0 unspecified atom stereocenters. The fraction of sp³-hybridized carbons (Fsp3) is 0.417. The smallest absolute Gasteiger partial charge is 0.405 e. The van der Waals surface area contributed by atoms with Crippen molar-refractivity contribution in [3.63, 3.8) is 0 Å². The number of alkyl halides is 3. The number of carbonyl (C=O) groups is 1. The highest BCUT2D eigenvalue weighted by Crippen LogP contribution is 2.24. The molecule has 0 bridgehead atoms. The van der Waals surface area contributed by atoms with Gasteiger partial charge in [0.2, 0.25) is 0 Å². The molecule has 0 spiro atoms. The summed E-state index contributed by atoms with van der Waals surface area (Å²) in [5, 5.41) is 8.82. The number of carboxylic acids is 1. The first kappa shape index (κ1) is 14.3. The van der Waals surface area contributed by atoms with Gasteiger partial charge in [-0.1, -0.05) is 6.07 Å². The lowest BCUT2D eigenvalue weighted by Crippen LogP contribution is -2.39. The van der Waals surface area contributed by atoms with Crippen LogP contribution in [0.5, 0.6) is 0 Å². The molecule has 1 aromatic rings. The number of hydrogen-bond acceptors (Lipinski definition) is 2. The van der Waals surface area contributed by atoms with Gasteiger partial charge in [-0.05, 0) is 32.0 Å². The molecule has 0 radical (unpaired) electrons. The summed E-state index contributed by atoms with van der Waals surface area (Å²) in [5.41, 5.74) is 0.225. The minimum absolute atomic E-state index is 0.0275. The van der Waals surface area contributed by atoms with E-state index < -0.39 is 18.7 Å². The number of hydrogen-bond donors (Lipinski definition) is 1. The van der Waals surface area contributed by atoms with E-state index in [1.807, 2.05) is 0 Å². The molecule has 0 fully saturated rings. The monoisotopic (exact) mass is 261 g/mol. The number of aromatic carboxylic acids is 1. The molecule has 0 aliphatic rings. The predicted molar refractivity (Wildman–Crippen MR) is 61.9 cm³/mol. The third-order valence-electron chi connectivity index (χ3n) is 2.40. The standard InChI is InChI=1S/C12H14F3NO2/c1-8(2)16(7-12(13,14)15)10-5-3-4-9(6-10)11(17)18/h3-6,8H,7H2,1-2H3,(H,17,18). The Hall–Kier alpha value is -1.72. The van der Waals surface area contributed by atoms with Gasteiger partial charge in [-0.3, -0.25) is 0 Å². The van der Waals surface area contributed by atoms with E-state index in [0.29, 0.717) is 0 Å². The Morgan fingerprint density at radius 1 is 1.39 bits per heavy atom. The first-order chi connectivity index (χ1) is 8.20. The molecule has 0 saturated heterocycles. The predicted octanol–water partition coefficient (Wildman–Crippen LogP) is 3.16. The van der Waals surface area contributed by atoms with Crippen LogP contribution in [-0.4, -0.2) is 29.8 Å². The zero-order chi connectivity index (χ0) is 13.9. The zero-order valence-electron chi connectivity index (χ0n) is 10.0. The van der Waals surface area contributed by atoms with Gasteiger partial charge in [-0.2, -0.15) is 13.2 Å². The van der Waals surface area contributed by atoms with E-state index in [-0.39, 0.29) is 17.3 Å². The maximum Gasteiger partial charge on any atom is 0.405 e. The highest BCUT2D eigenvalue weighted by molar-refractivity contribution is 5.88. The minimum Gasteiger partial charge on any atom is -0.478 e. The molecule has 1 N–H and O–H groups in total. The Morgan fingerprint density at radius 2 is 2.00 bits per heavy atom. The largest absolute Gasteiger partial charge is 0.478 e. The molecular weight excluding hydrogens is 247 g/mol. The molecule has 0 saturated carbocycles. The van der Waals surface area contributed by atoms with Crippen LogP contribution >= 0.6 is 0 Å². The average Bonchev–Trinajstić information content (AvgIpc) is 2.24. The maximum atomic E-state index is 12.5. The van der Waals surface area contributed by atoms with E-state index in [9.17, 15) is 18.0 Å². The van der Waals surface area contributed by atoms with E-state index in [1.165, 1.54) is 24.3 Å². The third kappa shape index (κ3) is 3.94. The molecule has 0 aromatic heterocycles. The topological polar surface area (TPSA) is 40.5 Å². The van der Waals surface area contributed by atoms with Crippen molar-refractivity contribution in [2.45, 2.75) is 26.1 Å². The van der Waals surface area contributed by atoms with Gasteiger partial charge in [0.15, 0.2) is 0 Å². The van der Waals surface area contributed by atoms with Crippen LogP contribution in [0.1, 0.15) is 24.2 Å². The summed E-state index contributed by atoms with van der Waals surface area (Å²) in [6.07, 6.45) is -4.33. The molecule has 18 heavy (non-hydrogen) atoms. The summed E-state index contributed by atoms with van der Waals surface area (Å²) in [4.78, 5) is 11.9. The summed E-state index contributed by atoms with van der Waals surface area (Å²) in [6, 6.07) is 5.12. The van der Waals surface area contributed by atoms with E-state index >= 15 is 0 Å². The van der Waals surface area contributed by atoms with Gasteiger partial charge >= 0.3 is 12.1 Å². The molecule has 3 nitrogen and oxygen atoms in total. The molecule has 0 amide bonds. The Balaban J connectivity index is 3.06. The average molecular weight is 261 g/mol. The first-order valence-corrected chi connectivity index (χ1v) is 5.37. The fourth-order valence-electron chi connectivity index (χ4n) is 1.58. The number of anilines is 1. The normalized spacial score (nSPS) is 11.7. The molecule has 1 rings (SSSR count). The van der Waals surface area contributed by atoms with Crippen LogP contribution in [0.25, 0.3) is 0 Å². The van der Waals surface area contributed by atoms with E-state index in [4.69, 9.17) is 5.11 Å². The SMILES string of the molecule is CC(C)N(CC(F)(F)F)c1cccc(C(=O)O)c1. The van der Waals surface area contributed by atoms with Crippen molar-refractivity contribution in [2.24, 2.45) is 0 Å². The number of halogens is 3. The summed E-state index contributed by atoms with van der Waals surface area (Å²) in [6.45, 7) is 2.14. The van der Waals surface area contributed by atoms with Crippen molar-refractivity contribution < 1.29 is 23.1 Å². The van der Waals surface area contributed by atoms with E-state index in [2.05, 4.69) is 0 Å². The van der Waals surface area contributed by atoms with Gasteiger partial charge < -0.3 is 10.0 Å². The fourth-order valence-corrected chi connectivity index (χ4v) is 1.58. The lowest BCUT2D eigenvalue weighted by Gasteiger charge is -2.30. The van der Waals surface area contributed by atoms with Gasteiger partial charge in [-0.15, -0.1) is 0 Å². The van der Waals surface area contributed by atoms with Gasteiger partial charge in [-0.25, -0.2) is 4.79 Å². The minimum atomic E-state index is -4.33. The van der Waals surface area contributed by atoms with Crippen LogP contribution in [0, 0.1) is 0 Å². The Labute approximate surface area is 103 Å². The lowest BCUT2D eigenvalue weighted by atomic mass is 10.1. The van der Waals surface area contributed by atoms with Gasteiger partial charge in [0.1, 0.15) is 6.54 Å². The summed E-state index contributed by atoms with van der Waals surface area (Å²) >= 11 is 0. The first-order valence-electron chi connectivity index (χ1n) is 5.37. The van der Waals surface area contributed by atoms with E-state index in [0.717, 1.165) is 4.90 Å². The summed E-state index contributed by atoms with van der Waals surface area (Å²) in [7, 11) is 0. The van der Waals surface area contributed by atoms with Crippen LogP contribution in [-0.2, 0) is 0 Å². The summed E-state index contributed by atoms with van der Waals surface area (Å²) in [5.74, 6) is -1.16. The van der Waals surface area contributed by atoms with Gasteiger partial charge in [0, 0.05) is 11.7 Å². The lowest BCUT2D eigenvalue weighted by molar-refractivity contribution is -0.120. The molecule has 0 aliphatic carbocycles. The van der Waals surface area contributed by atoms with Crippen LogP contribution in [0.2, 0.25) is 0 Å². The molecule has 0 heterocycles. The number of nitrogens with zero attached hydrogens (tertiary/aromatic N) is 1. The molecule has 1 aromatic carbocycles. The highest BCUT2D eigenvalue weighted by Gasteiger charge is 2.32. The molecule has 0 atom stereocenters. The Kier molecular flexibility index (Phi) is 4.21. The van der Waals surface area contributed by atoms with Gasteiger partial charge in [0.05, 0.1) is 5.56 Å². The number of benzene rings is 1. The maximum absolute atomic E-state index is 12.5. The van der Waals surface area contributed by atoms with Crippen molar-refractivity contribution in [3.05, 3.63) is 29.8 Å². The second-order valence-electron chi connectivity index (χ2n) is 4.19. The quantitative estimate of drug-likeness (QED) is 0.905. The van der Waals surface area contributed by atoms with Gasteiger partial charge in [0.25, 0.3) is 0 Å². The summed E-state index contributed by atoms with van der Waals surface area (Å²) < 4.78 is 37.4. The third-order valence-corrected chi connectivity index (χ3v) is 2.40. The molecule has 100 valence electrons. The van der Waals surface area contributed by atoms with Crippen molar-refractivity contribution in [2.75, 3.05) is 11.4 Å². The zero-order valence-corrected chi connectivity index (χ0v) is 10.0. The van der Waals surface area contributed by atoms with Crippen molar-refractivity contribution in [1.82, 2.24) is 0 Å². The number of rotatable bonds is 4.